The Balaban J connectivity index is 1.47. The van der Waals surface area contributed by atoms with E-state index in [-0.39, 0.29) is 29.4 Å². The van der Waals surface area contributed by atoms with Crippen LogP contribution in [-0.2, 0) is 19.4 Å². The number of rotatable bonds is 4. The third kappa shape index (κ3) is 4.68. The monoisotopic (exact) mass is 496 g/mol. The van der Waals surface area contributed by atoms with Crippen molar-refractivity contribution in [3.63, 3.8) is 0 Å². The third-order valence-corrected chi connectivity index (χ3v) is 9.55. The van der Waals surface area contributed by atoms with E-state index in [1.54, 1.807) is 34.1 Å². The van der Waals surface area contributed by atoms with Gasteiger partial charge in [-0.3, -0.25) is 9.69 Å². The van der Waals surface area contributed by atoms with Gasteiger partial charge in [-0.2, -0.15) is 0 Å². The number of carbonyl (C=O) groups excluding carboxylic acids is 2. The van der Waals surface area contributed by atoms with Gasteiger partial charge in [0.05, 0.1) is 27.6 Å². The molecule has 0 saturated heterocycles. The van der Waals surface area contributed by atoms with Crippen molar-refractivity contribution in [2.75, 3.05) is 16.3 Å². The quantitative estimate of drug-likeness (QED) is 0.572. The van der Waals surface area contributed by atoms with E-state index < -0.39 is 9.84 Å². The van der Waals surface area contributed by atoms with E-state index >= 15 is 0 Å². The molecule has 3 aliphatic rings. The average Bonchev–Trinajstić information content (AvgIpc) is 3.70. The van der Waals surface area contributed by atoms with Crippen LogP contribution in [0.4, 0.5) is 16.2 Å². The van der Waals surface area contributed by atoms with Crippen LogP contribution >= 0.6 is 0 Å². The zero-order valence-electron chi connectivity index (χ0n) is 20.3. The highest BCUT2D eigenvalue weighted by Crippen LogP contribution is 2.40. The first kappa shape index (κ1) is 23.9. The van der Waals surface area contributed by atoms with Gasteiger partial charge in [0.2, 0.25) is 5.91 Å². The summed E-state index contributed by atoms with van der Waals surface area (Å²) in [5, 5.41) is -0.250. The fourth-order valence-corrected chi connectivity index (χ4v) is 6.91. The number of anilines is 2. The largest absolute Gasteiger partial charge is 0.446 e. The van der Waals surface area contributed by atoms with Crippen molar-refractivity contribution in [3.05, 3.63) is 42.5 Å². The van der Waals surface area contributed by atoms with E-state index in [2.05, 4.69) is 0 Å². The molecule has 2 aromatic carbocycles. The Bertz CT molecular complexity index is 1230. The molecule has 8 heteroatoms. The fourth-order valence-electron chi connectivity index (χ4n) is 5.25. The van der Waals surface area contributed by atoms with E-state index in [4.69, 9.17) is 4.74 Å². The molecule has 1 heterocycles. The number of carbonyl (C=O) groups is 2. The van der Waals surface area contributed by atoms with Crippen molar-refractivity contribution in [2.24, 2.45) is 0 Å². The lowest BCUT2D eigenvalue weighted by Gasteiger charge is -2.41. The summed E-state index contributed by atoms with van der Waals surface area (Å²) in [5.41, 5.74) is 2.99. The summed E-state index contributed by atoms with van der Waals surface area (Å²) in [7, 11) is -3.25. The summed E-state index contributed by atoms with van der Waals surface area (Å²) in [4.78, 5) is 29.4. The molecule has 0 aromatic heterocycles. The van der Waals surface area contributed by atoms with Crippen LogP contribution in [0.1, 0.15) is 58.8 Å². The molecule has 2 amide bonds. The van der Waals surface area contributed by atoms with Gasteiger partial charge in [0.15, 0.2) is 9.84 Å². The minimum atomic E-state index is -3.25. The summed E-state index contributed by atoms with van der Waals surface area (Å²) in [6, 6.07) is 12.4. The molecule has 2 aromatic rings. The van der Waals surface area contributed by atoms with Gasteiger partial charge in [0.25, 0.3) is 0 Å². The first-order chi connectivity index (χ1) is 16.8. The van der Waals surface area contributed by atoms with Crippen LogP contribution in [0.25, 0.3) is 11.1 Å². The van der Waals surface area contributed by atoms with Crippen LogP contribution in [0.5, 0.6) is 0 Å². The number of ether oxygens (including phenoxy) is 1. The molecule has 0 radical (unpaired) electrons. The maximum absolute atomic E-state index is 13.3. The maximum Gasteiger partial charge on any atom is 0.414 e. The second kappa shape index (κ2) is 9.30. The molecule has 5 rings (SSSR count). The number of sulfone groups is 1. The predicted octanol–water partition coefficient (Wildman–Crippen LogP) is 5.32. The third-order valence-electron chi connectivity index (χ3n) is 7.27. The van der Waals surface area contributed by atoms with E-state index in [1.807, 2.05) is 25.1 Å². The first-order valence-corrected chi connectivity index (χ1v) is 14.1. The molecule has 2 saturated carbocycles. The second-order valence-corrected chi connectivity index (χ2v) is 12.2. The summed E-state index contributed by atoms with van der Waals surface area (Å²) in [6.07, 6.45) is 6.10. The van der Waals surface area contributed by atoms with E-state index in [0.717, 1.165) is 49.7 Å². The number of hydrogen-bond donors (Lipinski definition) is 0. The Morgan fingerprint density at radius 1 is 0.886 bits per heavy atom. The Morgan fingerprint density at radius 2 is 1.54 bits per heavy atom. The Labute approximate surface area is 207 Å². The highest BCUT2D eigenvalue weighted by molar-refractivity contribution is 7.92. The van der Waals surface area contributed by atoms with Gasteiger partial charge in [0, 0.05) is 13.5 Å². The van der Waals surface area contributed by atoms with Crippen LogP contribution < -0.4 is 9.80 Å². The molecule has 35 heavy (non-hydrogen) atoms. The SMILES string of the molecule is CC(=O)N1c2ccc(-c3ccc(S(=O)(=O)C4CC4)cc3)cc2N(C(=O)OC2CCCCC2)C[C@@H]1C. The van der Waals surface area contributed by atoms with Gasteiger partial charge in [-0.25, -0.2) is 13.2 Å². The summed E-state index contributed by atoms with van der Waals surface area (Å²) < 4.78 is 31.0. The van der Waals surface area contributed by atoms with Crippen LogP contribution in [-0.4, -0.2) is 44.4 Å². The number of benzene rings is 2. The van der Waals surface area contributed by atoms with Crippen molar-refractivity contribution < 1.29 is 22.7 Å². The van der Waals surface area contributed by atoms with Crippen molar-refractivity contribution in [2.45, 2.75) is 81.1 Å². The lowest BCUT2D eigenvalue weighted by atomic mass is 9.98. The Morgan fingerprint density at radius 3 is 2.17 bits per heavy atom. The Kier molecular flexibility index (Phi) is 6.34. The van der Waals surface area contributed by atoms with Crippen molar-refractivity contribution in [3.8, 4) is 11.1 Å². The second-order valence-electron chi connectivity index (χ2n) is 9.96. The van der Waals surface area contributed by atoms with Gasteiger partial charge in [-0.1, -0.05) is 24.6 Å². The van der Waals surface area contributed by atoms with Crippen LogP contribution in [0.15, 0.2) is 47.4 Å². The van der Waals surface area contributed by atoms with Crippen LogP contribution in [0, 0.1) is 0 Å². The number of hydrogen-bond acceptors (Lipinski definition) is 5. The molecule has 0 unspecified atom stereocenters. The minimum absolute atomic E-state index is 0.0648. The highest BCUT2D eigenvalue weighted by atomic mass is 32.2. The van der Waals surface area contributed by atoms with Gasteiger partial charge < -0.3 is 9.64 Å². The number of nitrogens with zero attached hydrogens (tertiary/aromatic N) is 2. The zero-order chi connectivity index (χ0) is 24.7. The lowest BCUT2D eigenvalue weighted by molar-refractivity contribution is -0.117. The molecule has 186 valence electrons. The summed E-state index contributed by atoms with van der Waals surface area (Å²) in [6.45, 7) is 3.81. The normalized spacial score (nSPS) is 20.9. The highest BCUT2D eigenvalue weighted by Gasteiger charge is 2.37. The number of amides is 2. The smallest absolute Gasteiger partial charge is 0.414 e. The minimum Gasteiger partial charge on any atom is -0.446 e. The van der Waals surface area contributed by atoms with Crippen molar-refractivity contribution >= 4 is 33.2 Å². The zero-order valence-corrected chi connectivity index (χ0v) is 21.1. The van der Waals surface area contributed by atoms with Crippen LogP contribution in [0.3, 0.4) is 0 Å². The Hall–Kier alpha value is -2.87. The van der Waals surface area contributed by atoms with E-state index in [9.17, 15) is 18.0 Å². The fraction of sp³-hybridized carbons (Fsp3) is 0.481. The van der Waals surface area contributed by atoms with Crippen LogP contribution in [0.2, 0.25) is 0 Å². The number of fused-ring (bicyclic) bond motifs is 1. The molecule has 7 nitrogen and oxygen atoms in total. The van der Waals surface area contributed by atoms with E-state index in [1.165, 1.54) is 13.3 Å². The average molecular weight is 497 g/mol. The predicted molar refractivity (Wildman–Crippen MR) is 135 cm³/mol. The molecule has 1 aliphatic heterocycles. The molecule has 1 atom stereocenters. The molecule has 0 N–H and O–H groups in total. The van der Waals surface area contributed by atoms with Gasteiger partial charge in [-0.15, -0.1) is 0 Å². The van der Waals surface area contributed by atoms with Gasteiger partial charge in [-0.05, 0) is 80.8 Å². The standard InChI is InChI=1S/C27H32N2O5S/c1-18-17-28(27(31)34-22-6-4-3-5-7-22)26-16-21(10-15-25(26)29(18)19(2)30)20-8-11-23(12-9-20)35(32,33)24-13-14-24/h8-12,15-16,18,22,24H,3-7,13-14,17H2,1-2H3/t18-/m0/s1. The van der Waals surface area contributed by atoms with Gasteiger partial charge >= 0.3 is 6.09 Å². The van der Waals surface area contributed by atoms with Crippen molar-refractivity contribution in [1.82, 2.24) is 0 Å². The first-order valence-electron chi connectivity index (χ1n) is 12.5. The molecule has 2 fully saturated rings. The molecular formula is C27H32N2O5S. The lowest BCUT2D eigenvalue weighted by Crippen LogP contribution is -2.52. The molecule has 0 bridgehead atoms. The molecule has 0 spiro atoms. The topological polar surface area (TPSA) is 84.0 Å². The molecular weight excluding hydrogens is 464 g/mol. The van der Waals surface area contributed by atoms with E-state index in [0.29, 0.717) is 22.8 Å². The molecule has 2 aliphatic carbocycles. The van der Waals surface area contributed by atoms with Gasteiger partial charge in [0.1, 0.15) is 6.10 Å². The maximum atomic E-state index is 13.3. The van der Waals surface area contributed by atoms with Crippen molar-refractivity contribution in [1.29, 1.82) is 0 Å². The summed E-state index contributed by atoms with van der Waals surface area (Å²) in [5.74, 6) is -0.0820. The summed E-state index contributed by atoms with van der Waals surface area (Å²) >= 11 is 0.